The second kappa shape index (κ2) is 6.27. The van der Waals surface area contributed by atoms with Crippen molar-refractivity contribution in [1.29, 1.82) is 0 Å². The van der Waals surface area contributed by atoms with Crippen molar-refractivity contribution in [3.63, 3.8) is 0 Å². The first kappa shape index (κ1) is 17.1. The lowest BCUT2D eigenvalue weighted by Crippen LogP contribution is -2.39. The van der Waals surface area contributed by atoms with Crippen molar-refractivity contribution in [1.82, 2.24) is 0 Å². The molecule has 1 fully saturated rings. The van der Waals surface area contributed by atoms with Crippen molar-refractivity contribution >= 4 is 5.69 Å². The molecule has 0 N–H and O–H groups in total. The molecule has 0 spiro atoms. The molecule has 1 atom stereocenters. The Kier molecular flexibility index (Phi) is 4.46. The summed E-state index contributed by atoms with van der Waals surface area (Å²) in [6.07, 6.45) is 3.38. The minimum absolute atomic E-state index is 0.166. The molecule has 1 heteroatoms. The first-order chi connectivity index (χ1) is 11.4. The van der Waals surface area contributed by atoms with Crippen molar-refractivity contribution in [2.24, 2.45) is 0 Å². The maximum atomic E-state index is 2.69. The average molecular weight is 322 g/mol. The summed E-state index contributed by atoms with van der Waals surface area (Å²) >= 11 is 0. The second-order valence-corrected chi connectivity index (χ2v) is 8.13. The number of para-hydroxylation sites is 1. The third-order valence-corrected chi connectivity index (χ3v) is 5.77. The number of rotatable bonds is 4. The van der Waals surface area contributed by atoms with Gasteiger partial charge in [-0.2, -0.15) is 0 Å². The predicted molar refractivity (Wildman–Crippen MR) is 105 cm³/mol. The lowest BCUT2D eigenvalue weighted by molar-refractivity contribution is 0.444. The summed E-state index contributed by atoms with van der Waals surface area (Å²) in [7, 11) is 0. The summed E-state index contributed by atoms with van der Waals surface area (Å²) in [4.78, 5) is 2.69. The van der Waals surface area contributed by atoms with Gasteiger partial charge in [0.05, 0.1) is 0 Å². The fourth-order valence-electron chi connectivity index (χ4n) is 4.65. The highest BCUT2D eigenvalue weighted by Gasteiger charge is 2.47. The zero-order valence-corrected chi connectivity index (χ0v) is 15.9. The molecule has 0 bridgehead atoms. The molecule has 0 aromatic heterocycles. The van der Waals surface area contributed by atoms with Crippen molar-refractivity contribution < 1.29 is 0 Å². The Morgan fingerprint density at radius 1 is 0.833 bits per heavy atom. The summed E-state index contributed by atoms with van der Waals surface area (Å²) in [5, 5.41) is 0. The van der Waals surface area contributed by atoms with E-state index < -0.39 is 0 Å². The van der Waals surface area contributed by atoms with Crippen LogP contribution in [0.1, 0.15) is 57.7 Å². The van der Waals surface area contributed by atoms with E-state index in [1.165, 1.54) is 28.8 Å². The van der Waals surface area contributed by atoms with Crippen LogP contribution < -0.4 is 4.90 Å². The van der Waals surface area contributed by atoms with E-state index in [0.717, 1.165) is 19.4 Å². The molecule has 128 valence electrons. The Morgan fingerprint density at radius 3 is 1.96 bits per heavy atom. The molecule has 0 unspecified atom stereocenters. The fourth-order valence-corrected chi connectivity index (χ4v) is 4.65. The molecule has 1 heterocycles. The highest BCUT2D eigenvalue weighted by atomic mass is 15.2. The van der Waals surface area contributed by atoms with Crippen LogP contribution in [0.2, 0.25) is 0 Å². The van der Waals surface area contributed by atoms with Gasteiger partial charge in [-0.05, 0) is 49.8 Å². The molecule has 2 aromatic carbocycles. The SMILES string of the molecule is CCc1cccc(CC)c1N1C[C@@](C)(c2ccccc2)CC1(C)C. The Hall–Kier alpha value is -1.76. The smallest absolute Gasteiger partial charge is 0.0435 e. The van der Waals surface area contributed by atoms with E-state index in [2.05, 4.69) is 88.0 Å². The second-order valence-electron chi connectivity index (χ2n) is 8.13. The molecular formula is C23H31N. The standard InChI is InChI=1S/C23H31N/c1-6-18-12-11-13-19(7-2)21(18)24-17-23(5,16-22(24,3)4)20-14-9-8-10-15-20/h8-15H,6-7,16-17H2,1-5H3/t23-/m0/s1. The Labute approximate surface area is 147 Å². The van der Waals surface area contributed by atoms with Gasteiger partial charge < -0.3 is 4.90 Å². The van der Waals surface area contributed by atoms with Crippen LogP contribution in [-0.4, -0.2) is 12.1 Å². The highest BCUT2D eigenvalue weighted by molar-refractivity contribution is 5.63. The van der Waals surface area contributed by atoms with E-state index in [0.29, 0.717) is 0 Å². The quantitative estimate of drug-likeness (QED) is 0.692. The van der Waals surface area contributed by atoms with E-state index in [9.17, 15) is 0 Å². The summed E-state index contributed by atoms with van der Waals surface area (Å²) in [6, 6.07) is 17.9. The van der Waals surface area contributed by atoms with Crippen LogP contribution in [0.5, 0.6) is 0 Å². The van der Waals surface area contributed by atoms with Gasteiger partial charge in [-0.15, -0.1) is 0 Å². The number of hydrogen-bond donors (Lipinski definition) is 0. The topological polar surface area (TPSA) is 3.24 Å². The van der Waals surface area contributed by atoms with Crippen LogP contribution >= 0.6 is 0 Å². The summed E-state index contributed by atoms with van der Waals surface area (Å²) in [6.45, 7) is 12.9. The molecule has 1 aliphatic rings. The van der Waals surface area contributed by atoms with E-state index in [-0.39, 0.29) is 11.0 Å². The van der Waals surface area contributed by atoms with Gasteiger partial charge in [0.1, 0.15) is 0 Å². The van der Waals surface area contributed by atoms with E-state index in [1.807, 2.05) is 0 Å². The minimum Gasteiger partial charge on any atom is -0.365 e. The van der Waals surface area contributed by atoms with Gasteiger partial charge in [0, 0.05) is 23.2 Å². The summed E-state index contributed by atoms with van der Waals surface area (Å²) < 4.78 is 0. The Balaban J connectivity index is 2.07. The molecule has 1 nitrogen and oxygen atoms in total. The molecule has 0 saturated carbocycles. The molecule has 2 aromatic rings. The molecular weight excluding hydrogens is 290 g/mol. The van der Waals surface area contributed by atoms with Crippen LogP contribution in [0, 0.1) is 0 Å². The van der Waals surface area contributed by atoms with Gasteiger partial charge in [-0.3, -0.25) is 0 Å². The van der Waals surface area contributed by atoms with Gasteiger partial charge in [-0.1, -0.05) is 69.3 Å². The van der Waals surface area contributed by atoms with E-state index in [1.54, 1.807) is 0 Å². The monoisotopic (exact) mass is 321 g/mol. The number of aryl methyl sites for hydroxylation is 2. The Bertz CT molecular complexity index is 679. The average Bonchev–Trinajstić information content (AvgIpc) is 2.84. The van der Waals surface area contributed by atoms with Crippen molar-refractivity contribution in [3.8, 4) is 0 Å². The zero-order chi connectivity index (χ0) is 17.4. The first-order valence-corrected chi connectivity index (χ1v) is 9.35. The largest absolute Gasteiger partial charge is 0.365 e. The number of anilines is 1. The van der Waals surface area contributed by atoms with Gasteiger partial charge in [0.25, 0.3) is 0 Å². The highest BCUT2D eigenvalue weighted by Crippen LogP contribution is 2.47. The summed E-state index contributed by atoms with van der Waals surface area (Å²) in [5.74, 6) is 0. The van der Waals surface area contributed by atoms with Gasteiger partial charge in [0.15, 0.2) is 0 Å². The molecule has 0 aliphatic carbocycles. The zero-order valence-electron chi connectivity index (χ0n) is 15.9. The first-order valence-electron chi connectivity index (χ1n) is 9.35. The molecule has 1 saturated heterocycles. The van der Waals surface area contributed by atoms with Crippen LogP contribution in [0.15, 0.2) is 48.5 Å². The van der Waals surface area contributed by atoms with Gasteiger partial charge in [0.2, 0.25) is 0 Å². The molecule has 24 heavy (non-hydrogen) atoms. The lowest BCUT2D eigenvalue weighted by atomic mass is 9.78. The number of hydrogen-bond acceptors (Lipinski definition) is 1. The number of nitrogens with zero attached hydrogens (tertiary/aromatic N) is 1. The van der Waals surface area contributed by atoms with Gasteiger partial charge >= 0.3 is 0 Å². The molecule has 0 amide bonds. The maximum absolute atomic E-state index is 2.69. The Morgan fingerprint density at radius 2 is 1.42 bits per heavy atom. The van der Waals surface area contributed by atoms with Gasteiger partial charge in [-0.25, -0.2) is 0 Å². The molecule has 3 rings (SSSR count). The van der Waals surface area contributed by atoms with E-state index in [4.69, 9.17) is 0 Å². The van der Waals surface area contributed by atoms with Crippen molar-refractivity contribution in [2.45, 2.75) is 64.8 Å². The van der Waals surface area contributed by atoms with Crippen LogP contribution in [0.25, 0.3) is 0 Å². The third-order valence-electron chi connectivity index (χ3n) is 5.77. The third kappa shape index (κ3) is 2.85. The predicted octanol–water partition coefficient (Wildman–Crippen LogP) is 5.76. The molecule has 0 radical (unpaired) electrons. The maximum Gasteiger partial charge on any atom is 0.0435 e. The normalized spacial score (nSPS) is 22.8. The van der Waals surface area contributed by atoms with Crippen LogP contribution in [0.4, 0.5) is 5.69 Å². The minimum atomic E-state index is 0.166. The summed E-state index contributed by atoms with van der Waals surface area (Å²) in [5.41, 5.74) is 6.30. The van der Waals surface area contributed by atoms with Crippen molar-refractivity contribution in [3.05, 3.63) is 65.2 Å². The molecule has 1 aliphatic heterocycles. The van der Waals surface area contributed by atoms with E-state index >= 15 is 0 Å². The van der Waals surface area contributed by atoms with Crippen LogP contribution in [-0.2, 0) is 18.3 Å². The lowest BCUT2D eigenvalue weighted by Gasteiger charge is -2.36. The fraction of sp³-hybridized carbons (Fsp3) is 0.478. The van der Waals surface area contributed by atoms with Crippen molar-refractivity contribution in [2.75, 3.05) is 11.4 Å². The number of benzene rings is 2. The van der Waals surface area contributed by atoms with Crippen LogP contribution in [0.3, 0.4) is 0 Å².